The number of piperazine rings is 1. The maximum absolute atomic E-state index is 12.0. The molecule has 0 atom stereocenters. The molecule has 2 rings (SSSR count). The lowest BCUT2D eigenvalue weighted by atomic mass is 10.3. The normalized spacial score (nSPS) is 19.2. The Morgan fingerprint density at radius 2 is 1.95 bits per heavy atom. The van der Waals surface area contributed by atoms with Crippen molar-refractivity contribution in [2.75, 3.05) is 26.2 Å². The summed E-state index contributed by atoms with van der Waals surface area (Å²) in [5, 5.41) is 3.50. The lowest BCUT2D eigenvalue weighted by molar-refractivity contribution is 0.165. The molecule has 1 aromatic heterocycles. The molecule has 1 saturated heterocycles. The van der Waals surface area contributed by atoms with Gasteiger partial charge < -0.3 is 4.52 Å². The Bertz CT molecular complexity index is 516. The second kappa shape index (κ2) is 5.60. The molecule has 0 N–H and O–H groups in total. The van der Waals surface area contributed by atoms with Gasteiger partial charge in [-0.25, -0.2) is 8.42 Å². The number of hydrogen-bond donors (Lipinski definition) is 0. The van der Waals surface area contributed by atoms with E-state index in [0.717, 1.165) is 24.5 Å². The zero-order valence-electron chi connectivity index (χ0n) is 11.7. The van der Waals surface area contributed by atoms with Crippen LogP contribution in [-0.4, -0.2) is 54.2 Å². The standard InChI is InChI=1S/C12H21N3O3S/c1-10(2)19(16,17)15-6-4-14(5-7-15)9-12-8-11(3)13-18-12/h8,10H,4-7,9H2,1-3H3. The lowest BCUT2D eigenvalue weighted by Gasteiger charge is -2.34. The highest BCUT2D eigenvalue weighted by molar-refractivity contribution is 7.89. The van der Waals surface area contributed by atoms with Gasteiger partial charge >= 0.3 is 0 Å². The van der Waals surface area contributed by atoms with Gasteiger partial charge in [-0.15, -0.1) is 0 Å². The quantitative estimate of drug-likeness (QED) is 0.821. The van der Waals surface area contributed by atoms with Crippen molar-refractivity contribution in [1.82, 2.24) is 14.4 Å². The van der Waals surface area contributed by atoms with Crippen molar-refractivity contribution in [3.05, 3.63) is 17.5 Å². The lowest BCUT2D eigenvalue weighted by Crippen LogP contribution is -2.49. The fourth-order valence-electron chi connectivity index (χ4n) is 2.15. The van der Waals surface area contributed by atoms with Crippen LogP contribution in [0.25, 0.3) is 0 Å². The Labute approximate surface area is 114 Å². The van der Waals surface area contributed by atoms with Crippen molar-refractivity contribution in [2.45, 2.75) is 32.6 Å². The topological polar surface area (TPSA) is 66.7 Å². The Morgan fingerprint density at radius 3 is 2.42 bits per heavy atom. The van der Waals surface area contributed by atoms with Crippen LogP contribution in [0.1, 0.15) is 25.3 Å². The molecule has 1 aliphatic heterocycles. The predicted octanol–water partition coefficient (Wildman–Crippen LogP) is 0.839. The van der Waals surface area contributed by atoms with E-state index in [9.17, 15) is 8.42 Å². The van der Waals surface area contributed by atoms with E-state index in [1.165, 1.54) is 0 Å². The molecular weight excluding hydrogens is 266 g/mol. The average Bonchev–Trinajstić information content (AvgIpc) is 2.75. The number of aryl methyl sites for hydroxylation is 1. The fourth-order valence-corrected chi connectivity index (χ4v) is 3.42. The molecule has 1 aromatic rings. The molecule has 0 radical (unpaired) electrons. The first kappa shape index (κ1) is 14.5. The third-order valence-electron chi connectivity index (χ3n) is 3.34. The molecule has 0 bridgehead atoms. The van der Waals surface area contributed by atoms with Crippen LogP contribution in [0.5, 0.6) is 0 Å². The second-order valence-corrected chi connectivity index (χ2v) is 7.69. The molecule has 0 aromatic carbocycles. The predicted molar refractivity (Wildman–Crippen MR) is 72.1 cm³/mol. The van der Waals surface area contributed by atoms with Crippen molar-refractivity contribution < 1.29 is 12.9 Å². The van der Waals surface area contributed by atoms with Gasteiger partial charge in [-0.1, -0.05) is 5.16 Å². The van der Waals surface area contributed by atoms with Gasteiger partial charge in [0, 0.05) is 32.2 Å². The van der Waals surface area contributed by atoms with E-state index >= 15 is 0 Å². The van der Waals surface area contributed by atoms with Crippen LogP contribution in [0.2, 0.25) is 0 Å². The van der Waals surface area contributed by atoms with Crippen molar-refractivity contribution in [3.8, 4) is 0 Å². The van der Waals surface area contributed by atoms with Gasteiger partial charge in [0.2, 0.25) is 10.0 Å². The van der Waals surface area contributed by atoms with Crippen LogP contribution in [0.4, 0.5) is 0 Å². The smallest absolute Gasteiger partial charge is 0.216 e. The zero-order valence-corrected chi connectivity index (χ0v) is 12.5. The van der Waals surface area contributed by atoms with Gasteiger partial charge in [0.25, 0.3) is 0 Å². The minimum atomic E-state index is -3.12. The summed E-state index contributed by atoms with van der Waals surface area (Å²) < 4.78 is 30.8. The zero-order chi connectivity index (χ0) is 14.0. The summed E-state index contributed by atoms with van der Waals surface area (Å²) in [6.07, 6.45) is 0. The summed E-state index contributed by atoms with van der Waals surface area (Å²) in [5.74, 6) is 0.831. The van der Waals surface area contributed by atoms with Crippen molar-refractivity contribution in [2.24, 2.45) is 0 Å². The largest absolute Gasteiger partial charge is 0.360 e. The number of aromatic nitrogens is 1. The summed E-state index contributed by atoms with van der Waals surface area (Å²) in [6, 6.07) is 1.91. The molecule has 0 aliphatic carbocycles. The molecule has 1 aliphatic rings. The molecule has 0 amide bonds. The Hall–Kier alpha value is -0.920. The monoisotopic (exact) mass is 287 g/mol. The van der Waals surface area contributed by atoms with Gasteiger partial charge in [-0.3, -0.25) is 4.90 Å². The number of rotatable bonds is 4. The van der Waals surface area contributed by atoms with Crippen LogP contribution >= 0.6 is 0 Å². The van der Waals surface area contributed by atoms with Gasteiger partial charge in [0.05, 0.1) is 17.5 Å². The summed E-state index contributed by atoms with van der Waals surface area (Å²) in [6.45, 7) is 8.58. The number of sulfonamides is 1. The first-order valence-corrected chi connectivity index (χ1v) is 8.03. The highest BCUT2D eigenvalue weighted by Crippen LogP contribution is 2.14. The molecule has 6 nitrogen and oxygen atoms in total. The number of nitrogens with zero attached hydrogens (tertiary/aromatic N) is 3. The van der Waals surface area contributed by atoms with Crippen LogP contribution < -0.4 is 0 Å². The average molecular weight is 287 g/mol. The SMILES string of the molecule is Cc1cc(CN2CCN(S(=O)(=O)C(C)C)CC2)on1. The maximum Gasteiger partial charge on any atom is 0.216 e. The minimum absolute atomic E-state index is 0.351. The van der Waals surface area contributed by atoms with E-state index in [-0.39, 0.29) is 5.25 Å². The summed E-state index contributed by atoms with van der Waals surface area (Å²) >= 11 is 0. The summed E-state index contributed by atoms with van der Waals surface area (Å²) in [5.41, 5.74) is 0.871. The molecule has 0 spiro atoms. The maximum atomic E-state index is 12.0. The van der Waals surface area contributed by atoms with Crippen molar-refractivity contribution in [1.29, 1.82) is 0 Å². The Balaban J connectivity index is 1.89. The minimum Gasteiger partial charge on any atom is -0.360 e. The van der Waals surface area contributed by atoms with Crippen LogP contribution in [0.3, 0.4) is 0 Å². The Kier molecular flexibility index (Phi) is 4.27. The van der Waals surface area contributed by atoms with Gasteiger partial charge in [-0.2, -0.15) is 4.31 Å². The van der Waals surface area contributed by atoms with E-state index in [1.807, 2.05) is 13.0 Å². The van der Waals surface area contributed by atoms with E-state index < -0.39 is 10.0 Å². The molecule has 0 saturated carbocycles. The fraction of sp³-hybridized carbons (Fsp3) is 0.750. The van der Waals surface area contributed by atoms with Gasteiger partial charge in [0.15, 0.2) is 5.76 Å². The molecular formula is C12H21N3O3S. The summed E-state index contributed by atoms with van der Waals surface area (Å²) in [7, 11) is -3.12. The van der Waals surface area contributed by atoms with E-state index in [0.29, 0.717) is 19.6 Å². The van der Waals surface area contributed by atoms with Crippen molar-refractivity contribution in [3.63, 3.8) is 0 Å². The molecule has 0 unspecified atom stereocenters. The molecule has 108 valence electrons. The molecule has 1 fully saturated rings. The van der Waals surface area contributed by atoms with Gasteiger partial charge in [-0.05, 0) is 20.8 Å². The Morgan fingerprint density at radius 1 is 1.32 bits per heavy atom. The van der Waals surface area contributed by atoms with Crippen LogP contribution in [-0.2, 0) is 16.6 Å². The first-order chi connectivity index (χ1) is 8.89. The highest BCUT2D eigenvalue weighted by Gasteiger charge is 2.29. The molecule has 19 heavy (non-hydrogen) atoms. The molecule has 7 heteroatoms. The number of hydrogen-bond acceptors (Lipinski definition) is 5. The van der Waals surface area contributed by atoms with Crippen LogP contribution in [0, 0.1) is 6.92 Å². The van der Waals surface area contributed by atoms with E-state index in [1.54, 1.807) is 18.2 Å². The van der Waals surface area contributed by atoms with Crippen LogP contribution in [0.15, 0.2) is 10.6 Å². The summed E-state index contributed by atoms with van der Waals surface area (Å²) in [4.78, 5) is 2.19. The first-order valence-electron chi connectivity index (χ1n) is 6.53. The van der Waals surface area contributed by atoms with E-state index in [4.69, 9.17) is 4.52 Å². The third-order valence-corrected chi connectivity index (χ3v) is 5.62. The second-order valence-electron chi connectivity index (χ2n) is 5.20. The van der Waals surface area contributed by atoms with Crippen molar-refractivity contribution >= 4 is 10.0 Å². The highest BCUT2D eigenvalue weighted by atomic mass is 32.2. The van der Waals surface area contributed by atoms with Gasteiger partial charge in [0.1, 0.15) is 0 Å². The van der Waals surface area contributed by atoms with E-state index in [2.05, 4.69) is 10.1 Å². The molecule has 2 heterocycles. The third kappa shape index (κ3) is 3.34.